The van der Waals surface area contributed by atoms with Crippen LogP contribution < -0.4 is 0 Å². The third kappa shape index (κ3) is 3.42. The zero-order chi connectivity index (χ0) is 22.2. The average molecular weight is 431 g/mol. The largest absolute Gasteiger partial charge is 0.480 e. The number of benzene rings is 3. The molecule has 1 saturated heterocycles. The van der Waals surface area contributed by atoms with Crippen molar-refractivity contribution in [3.8, 4) is 11.1 Å². The van der Waals surface area contributed by atoms with Gasteiger partial charge in [-0.05, 0) is 40.3 Å². The van der Waals surface area contributed by atoms with E-state index >= 15 is 0 Å². The third-order valence-corrected chi connectivity index (χ3v) is 6.50. The maximum atomic E-state index is 14.2. The normalized spacial score (nSPS) is 19.5. The summed E-state index contributed by atoms with van der Waals surface area (Å²) in [4.78, 5) is 26.0. The Bertz CT molecular complexity index is 1150. The molecule has 0 spiro atoms. The van der Waals surface area contributed by atoms with Crippen molar-refractivity contribution in [2.75, 3.05) is 13.2 Å². The molecule has 5 nitrogen and oxygen atoms in total. The molecule has 1 aliphatic carbocycles. The van der Waals surface area contributed by atoms with Gasteiger partial charge in [0.15, 0.2) is 0 Å². The van der Waals surface area contributed by atoms with Crippen LogP contribution in [0.25, 0.3) is 11.1 Å². The number of carbonyl (C=O) groups excluding carboxylic acids is 1. The Morgan fingerprint density at radius 2 is 1.47 bits per heavy atom. The first-order valence-corrected chi connectivity index (χ1v) is 10.6. The van der Waals surface area contributed by atoms with E-state index in [9.17, 15) is 19.1 Å². The molecule has 0 unspecified atom stereocenters. The van der Waals surface area contributed by atoms with Crippen molar-refractivity contribution < 1.29 is 23.8 Å². The molecule has 6 heteroatoms. The lowest BCUT2D eigenvalue weighted by molar-refractivity contribution is -0.141. The summed E-state index contributed by atoms with van der Waals surface area (Å²) in [6, 6.07) is 21.3. The van der Waals surface area contributed by atoms with Crippen LogP contribution in [0, 0.1) is 5.82 Å². The molecular formula is C26H22FNO4. The summed E-state index contributed by atoms with van der Waals surface area (Å²) in [5.74, 6) is -2.01. The number of hydrogen-bond acceptors (Lipinski definition) is 3. The highest BCUT2D eigenvalue weighted by molar-refractivity contribution is 5.82. The molecule has 162 valence electrons. The lowest BCUT2D eigenvalue weighted by Crippen LogP contribution is -2.41. The van der Waals surface area contributed by atoms with Gasteiger partial charge in [0, 0.05) is 18.4 Å². The monoisotopic (exact) mass is 431 g/mol. The number of amides is 1. The number of carboxylic acids is 1. The first-order chi connectivity index (χ1) is 15.5. The van der Waals surface area contributed by atoms with Crippen LogP contribution in [-0.4, -0.2) is 41.3 Å². The van der Waals surface area contributed by atoms with Crippen LogP contribution in [0.15, 0.2) is 72.8 Å². The molecule has 1 N–H and O–H groups in total. The fourth-order valence-electron chi connectivity index (χ4n) is 4.98. The van der Waals surface area contributed by atoms with E-state index < -0.39 is 29.8 Å². The van der Waals surface area contributed by atoms with Gasteiger partial charge in [0.1, 0.15) is 18.5 Å². The number of carbonyl (C=O) groups is 2. The van der Waals surface area contributed by atoms with E-state index in [0.717, 1.165) is 22.3 Å². The summed E-state index contributed by atoms with van der Waals surface area (Å²) in [5.41, 5.74) is 4.83. The van der Waals surface area contributed by atoms with Gasteiger partial charge in [-0.2, -0.15) is 0 Å². The number of fused-ring (bicyclic) bond motifs is 3. The Morgan fingerprint density at radius 1 is 0.906 bits per heavy atom. The zero-order valence-electron chi connectivity index (χ0n) is 17.3. The Balaban J connectivity index is 1.35. The van der Waals surface area contributed by atoms with Gasteiger partial charge in [-0.3, -0.25) is 4.90 Å². The molecule has 0 saturated carbocycles. The predicted molar refractivity (Wildman–Crippen MR) is 117 cm³/mol. The summed E-state index contributed by atoms with van der Waals surface area (Å²) < 4.78 is 19.9. The summed E-state index contributed by atoms with van der Waals surface area (Å²) in [7, 11) is 0. The van der Waals surface area contributed by atoms with Crippen LogP contribution in [0.2, 0.25) is 0 Å². The molecule has 1 aliphatic heterocycles. The van der Waals surface area contributed by atoms with E-state index in [1.54, 1.807) is 18.2 Å². The Labute approximate surface area is 185 Å². The summed E-state index contributed by atoms with van der Waals surface area (Å²) >= 11 is 0. The molecule has 5 rings (SSSR count). The smallest absolute Gasteiger partial charge is 0.410 e. The van der Waals surface area contributed by atoms with Gasteiger partial charge in [-0.15, -0.1) is 0 Å². The van der Waals surface area contributed by atoms with E-state index in [2.05, 4.69) is 12.1 Å². The number of nitrogens with zero attached hydrogens (tertiary/aromatic N) is 1. The van der Waals surface area contributed by atoms with Crippen LogP contribution >= 0.6 is 0 Å². The van der Waals surface area contributed by atoms with Crippen LogP contribution in [-0.2, 0) is 9.53 Å². The van der Waals surface area contributed by atoms with Gasteiger partial charge in [-0.1, -0.05) is 66.7 Å². The predicted octanol–water partition coefficient (Wildman–Crippen LogP) is 5.02. The van der Waals surface area contributed by atoms with E-state index in [4.69, 9.17) is 4.74 Å². The molecule has 1 heterocycles. The van der Waals surface area contributed by atoms with Crippen LogP contribution in [0.5, 0.6) is 0 Å². The van der Waals surface area contributed by atoms with Crippen molar-refractivity contribution in [1.29, 1.82) is 0 Å². The third-order valence-electron chi connectivity index (χ3n) is 6.50. The summed E-state index contributed by atoms with van der Waals surface area (Å²) in [6.07, 6.45) is -0.529. The minimum atomic E-state index is -1.11. The molecular weight excluding hydrogens is 409 g/mol. The van der Waals surface area contributed by atoms with Gasteiger partial charge in [0.25, 0.3) is 0 Å². The number of aliphatic carboxylic acids is 1. The van der Waals surface area contributed by atoms with Crippen molar-refractivity contribution >= 4 is 12.1 Å². The second-order valence-electron chi connectivity index (χ2n) is 8.26. The number of likely N-dealkylation sites (tertiary alicyclic amines) is 1. The van der Waals surface area contributed by atoms with E-state index in [1.807, 2.05) is 36.4 Å². The molecule has 3 aromatic carbocycles. The SMILES string of the molecule is O=C(O)[C@@H]1C[C@H](c2ccccc2F)CN1C(=O)OCC1c2ccccc2-c2ccccc21. The topological polar surface area (TPSA) is 66.8 Å². The highest BCUT2D eigenvalue weighted by Crippen LogP contribution is 2.44. The fraction of sp³-hybridized carbons (Fsp3) is 0.231. The van der Waals surface area contributed by atoms with Gasteiger partial charge in [0.05, 0.1) is 0 Å². The maximum Gasteiger partial charge on any atom is 0.410 e. The van der Waals surface area contributed by atoms with Crippen molar-refractivity contribution in [2.24, 2.45) is 0 Å². The molecule has 2 aliphatic rings. The van der Waals surface area contributed by atoms with Crippen molar-refractivity contribution in [2.45, 2.75) is 24.3 Å². The number of rotatable bonds is 4. The van der Waals surface area contributed by atoms with Gasteiger partial charge in [0.2, 0.25) is 0 Å². The minimum Gasteiger partial charge on any atom is -0.480 e. The molecule has 0 bridgehead atoms. The number of carboxylic acid groups (broad SMARTS) is 1. The molecule has 1 amide bonds. The average Bonchev–Trinajstić information content (AvgIpc) is 3.38. The van der Waals surface area contributed by atoms with Crippen molar-refractivity contribution in [3.05, 3.63) is 95.3 Å². The second kappa shape index (κ2) is 8.11. The van der Waals surface area contributed by atoms with Gasteiger partial charge < -0.3 is 9.84 Å². The maximum absolute atomic E-state index is 14.2. The molecule has 3 aromatic rings. The molecule has 0 radical (unpaired) electrons. The fourth-order valence-corrected chi connectivity index (χ4v) is 4.98. The van der Waals surface area contributed by atoms with Crippen molar-refractivity contribution in [1.82, 2.24) is 4.90 Å². The van der Waals surface area contributed by atoms with Gasteiger partial charge >= 0.3 is 12.1 Å². The molecule has 32 heavy (non-hydrogen) atoms. The summed E-state index contributed by atoms with van der Waals surface area (Å²) in [5, 5.41) is 9.66. The molecule has 2 atom stereocenters. The van der Waals surface area contributed by atoms with E-state index in [-0.39, 0.29) is 25.5 Å². The van der Waals surface area contributed by atoms with E-state index in [0.29, 0.717) is 5.56 Å². The lowest BCUT2D eigenvalue weighted by Gasteiger charge is -2.22. The first-order valence-electron chi connectivity index (χ1n) is 10.6. The number of hydrogen-bond donors (Lipinski definition) is 1. The zero-order valence-corrected chi connectivity index (χ0v) is 17.3. The summed E-state index contributed by atoms with van der Waals surface area (Å²) in [6.45, 7) is 0.217. The lowest BCUT2D eigenvalue weighted by atomic mass is 9.96. The highest BCUT2D eigenvalue weighted by atomic mass is 19.1. The molecule has 0 aromatic heterocycles. The number of halogens is 1. The van der Waals surface area contributed by atoms with Crippen molar-refractivity contribution in [3.63, 3.8) is 0 Å². The Hall–Kier alpha value is -3.67. The van der Waals surface area contributed by atoms with Crippen LogP contribution in [0.4, 0.5) is 9.18 Å². The quantitative estimate of drug-likeness (QED) is 0.630. The minimum absolute atomic E-state index is 0.106. The standard InChI is InChI=1S/C26H22FNO4/c27-23-12-6-5-7-17(23)16-13-24(25(29)30)28(14-16)26(31)32-15-22-20-10-3-1-8-18(20)19-9-2-4-11-21(19)22/h1-12,16,22,24H,13-15H2,(H,29,30)/t16-,24-/m0/s1. The number of ether oxygens (including phenoxy) is 1. The Kier molecular flexibility index (Phi) is 5.13. The Morgan fingerprint density at radius 3 is 2.06 bits per heavy atom. The highest BCUT2D eigenvalue weighted by Gasteiger charge is 2.42. The van der Waals surface area contributed by atoms with Crippen LogP contribution in [0.1, 0.15) is 34.9 Å². The van der Waals surface area contributed by atoms with Crippen LogP contribution in [0.3, 0.4) is 0 Å². The second-order valence-corrected chi connectivity index (χ2v) is 8.26. The molecule has 1 fully saturated rings. The van der Waals surface area contributed by atoms with E-state index in [1.165, 1.54) is 11.0 Å². The van der Waals surface area contributed by atoms with Gasteiger partial charge in [-0.25, -0.2) is 14.0 Å². The first kappa shape index (κ1) is 20.2.